The highest BCUT2D eigenvalue weighted by Crippen LogP contribution is 2.08. The molecule has 0 aliphatic rings. The minimum Gasteiger partial charge on any atom is -0.477 e. The summed E-state index contributed by atoms with van der Waals surface area (Å²) in [5.41, 5.74) is 1.28. The first-order valence-corrected chi connectivity index (χ1v) is 6.87. The molecule has 0 aliphatic heterocycles. The van der Waals surface area contributed by atoms with E-state index in [1.165, 1.54) is 19.3 Å². The molecule has 4 heteroatoms. The van der Waals surface area contributed by atoms with Crippen LogP contribution in [0.25, 0.3) is 0 Å². The molecule has 1 heterocycles. The maximum atomic E-state index is 5.53. The van der Waals surface area contributed by atoms with Crippen LogP contribution in [0.4, 0.5) is 0 Å². The van der Waals surface area contributed by atoms with Crippen LogP contribution in [0.2, 0.25) is 0 Å². The van der Waals surface area contributed by atoms with Crippen LogP contribution < -0.4 is 10.1 Å². The molecule has 1 aromatic rings. The Labute approximate surface area is 111 Å². The fraction of sp³-hybridized carbons (Fsp3) is 0.786. The minimum absolute atomic E-state index is 0.237. The lowest BCUT2D eigenvalue weighted by atomic mass is 10.1. The normalized spacial score (nSPS) is 11.8. The molecule has 0 amide bonds. The van der Waals surface area contributed by atoms with Gasteiger partial charge in [0.2, 0.25) is 5.88 Å². The van der Waals surface area contributed by atoms with Crippen molar-refractivity contribution < 1.29 is 4.74 Å². The van der Waals surface area contributed by atoms with Crippen molar-refractivity contribution in [1.29, 1.82) is 0 Å². The molecule has 104 valence electrons. The van der Waals surface area contributed by atoms with Crippen LogP contribution in [-0.4, -0.2) is 28.9 Å². The Balaban J connectivity index is 1.90. The van der Waals surface area contributed by atoms with Crippen LogP contribution in [-0.2, 0) is 0 Å². The number of ether oxygens (including phenoxy) is 1. The number of aromatic nitrogens is 2. The molecule has 0 radical (unpaired) electrons. The third-order valence-electron chi connectivity index (χ3n) is 2.66. The molecule has 0 unspecified atom stereocenters. The van der Waals surface area contributed by atoms with E-state index in [0.717, 1.165) is 25.3 Å². The third-order valence-corrected chi connectivity index (χ3v) is 2.66. The molecule has 0 aromatic carbocycles. The lowest BCUT2D eigenvalue weighted by Gasteiger charge is -2.20. The summed E-state index contributed by atoms with van der Waals surface area (Å²) in [6.45, 7) is 10.4. The summed E-state index contributed by atoms with van der Waals surface area (Å²) in [4.78, 5) is 0. The zero-order chi connectivity index (χ0) is 13.4. The molecule has 0 fully saturated rings. The lowest BCUT2D eigenvalue weighted by molar-refractivity contribution is 0.292. The Morgan fingerprint density at radius 3 is 2.56 bits per heavy atom. The fourth-order valence-electron chi connectivity index (χ4n) is 1.69. The molecule has 0 spiro atoms. The number of H-pyrrole nitrogens is 1. The van der Waals surface area contributed by atoms with Crippen molar-refractivity contribution in [2.45, 2.75) is 58.9 Å². The van der Waals surface area contributed by atoms with Crippen molar-refractivity contribution in [3.8, 4) is 5.88 Å². The van der Waals surface area contributed by atoms with Gasteiger partial charge < -0.3 is 10.1 Å². The Hall–Kier alpha value is -1.03. The van der Waals surface area contributed by atoms with Crippen LogP contribution >= 0.6 is 0 Å². The standard InChI is InChI=1S/C14H27N3O/c1-12-11-13(17-16-12)18-10-8-6-5-7-9-15-14(2,3)4/h11,15H,5-10H2,1-4H3,(H,16,17). The quantitative estimate of drug-likeness (QED) is 0.700. The molecule has 4 nitrogen and oxygen atoms in total. The highest BCUT2D eigenvalue weighted by atomic mass is 16.5. The monoisotopic (exact) mass is 253 g/mol. The van der Waals surface area contributed by atoms with Crippen LogP contribution in [0.15, 0.2) is 6.07 Å². The largest absolute Gasteiger partial charge is 0.477 e. The van der Waals surface area contributed by atoms with E-state index in [0.29, 0.717) is 5.88 Å². The number of hydrogen-bond acceptors (Lipinski definition) is 3. The van der Waals surface area contributed by atoms with Crippen LogP contribution in [0, 0.1) is 6.92 Å². The molecule has 2 N–H and O–H groups in total. The predicted octanol–water partition coefficient (Wildman–Crippen LogP) is 3.05. The van der Waals surface area contributed by atoms with Crippen LogP contribution in [0.5, 0.6) is 5.88 Å². The second-order valence-corrected chi connectivity index (χ2v) is 5.83. The van der Waals surface area contributed by atoms with Gasteiger partial charge in [-0.2, -0.15) is 0 Å². The van der Waals surface area contributed by atoms with Gasteiger partial charge in [-0.25, -0.2) is 0 Å². The zero-order valence-electron chi connectivity index (χ0n) is 12.2. The van der Waals surface area contributed by atoms with Crippen molar-refractivity contribution in [2.24, 2.45) is 0 Å². The van der Waals surface area contributed by atoms with E-state index in [-0.39, 0.29) is 5.54 Å². The second kappa shape index (κ2) is 7.41. The van der Waals surface area contributed by atoms with E-state index >= 15 is 0 Å². The molecule has 0 aliphatic carbocycles. The fourth-order valence-corrected chi connectivity index (χ4v) is 1.69. The molecular formula is C14H27N3O. The van der Waals surface area contributed by atoms with E-state index in [1.54, 1.807) is 0 Å². The number of nitrogens with one attached hydrogen (secondary N) is 2. The maximum absolute atomic E-state index is 5.53. The first-order valence-electron chi connectivity index (χ1n) is 6.87. The SMILES string of the molecule is Cc1cc(OCCCCCCNC(C)(C)C)n[nH]1. The zero-order valence-corrected chi connectivity index (χ0v) is 12.2. The summed E-state index contributed by atoms with van der Waals surface area (Å²) >= 11 is 0. The number of nitrogens with zero attached hydrogens (tertiary/aromatic N) is 1. The van der Waals surface area contributed by atoms with Crippen molar-refractivity contribution >= 4 is 0 Å². The van der Waals surface area contributed by atoms with Crippen LogP contribution in [0.1, 0.15) is 52.1 Å². The van der Waals surface area contributed by atoms with Crippen molar-refractivity contribution in [3.63, 3.8) is 0 Å². The van der Waals surface area contributed by atoms with Gasteiger partial charge in [0.1, 0.15) is 0 Å². The lowest BCUT2D eigenvalue weighted by Crippen LogP contribution is -2.36. The molecule has 1 aromatic heterocycles. The number of unbranched alkanes of at least 4 members (excludes halogenated alkanes) is 3. The van der Waals surface area contributed by atoms with E-state index < -0.39 is 0 Å². The van der Waals surface area contributed by atoms with Crippen molar-refractivity contribution in [3.05, 3.63) is 11.8 Å². The van der Waals surface area contributed by atoms with Crippen LogP contribution in [0.3, 0.4) is 0 Å². The van der Waals surface area contributed by atoms with Gasteiger partial charge in [0.25, 0.3) is 0 Å². The molecule has 0 saturated heterocycles. The summed E-state index contributed by atoms with van der Waals surface area (Å²) in [5.74, 6) is 0.710. The van der Waals surface area contributed by atoms with Gasteiger partial charge in [0.05, 0.1) is 6.61 Å². The van der Waals surface area contributed by atoms with Crippen molar-refractivity contribution in [2.75, 3.05) is 13.2 Å². The Morgan fingerprint density at radius 1 is 1.22 bits per heavy atom. The minimum atomic E-state index is 0.237. The second-order valence-electron chi connectivity index (χ2n) is 5.83. The Kier molecular flexibility index (Phi) is 6.19. The first-order chi connectivity index (χ1) is 8.47. The maximum Gasteiger partial charge on any atom is 0.232 e. The molecule has 18 heavy (non-hydrogen) atoms. The number of aryl methyl sites for hydroxylation is 1. The van der Waals surface area contributed by atoms with Gasteiger partial charge in [0.15, 0.2) is 0 Å². The van der Waals surface area contributed by atoms with E-state index in [1.807, 2.05) is 13.0 Å². The first kappa shape index (κ1) is 15.0. The Morgan fingerprint density at radius 2 is 1.94 bits per heavy atom. The molecular weight excluding hydrogens is 226 g/mol. The summed E-state index contributed by atoms with van der Waals surface area (Å²) in [6.07, 6.45) is 4.81. The van der Waals surface area contributed by atoms with Gasteiger partial charge in [-0.05, 0) is 47.1 Å². The highest BCUT2D eigenvalue weighted by molar-refractivity contribution is 5.11. The summed E-state index contributed by atoms with van der Waals surface area (Å²) in [6, 6.07) is 1.92. The van der Waals surface area contributed by atoms with Gasteiger partial charge in [-0.15, -0.1) is 5.10 Å². The molecule has 0 bridgehead atoms. The number of rotatable bonds is 8. The highest BCUT2D eigenvalue weighted by Gasteiger charge is 2.06. The van der Waals surface area contributed by atoms with Gasteiger partial charge in [-0.3, -0.25) is 5.10 Å². The topological polar surface area (TPSA) is 49.9 Å². The van der Waals surface area contributed by atoms with Crippen molar-refractivity contribution in [1.82, 2.24) is 15.5 Å². The third kappa shape index (κ3) is 7.33. The number of hydrogen-bond donors (Lipinski definition) is 2. The predicted molar refractivity (Wildman–Crippen MR) is 75.0 cm³/mol. The smallest absolute Gasteiger partial charge is 0.232 e. The Bertz CT molecular complexity index is 328. The van der Waals surface area contributed by atoms with Gasteiger partial charge >= 0.3 is 0 Å². The summed E-state index contributed by atoms with van der Waals surface area (Å²) < 4.78 is 5.53. The average molecular weight is 253 g/mol. The average Bonchev–Trinajstić information content (AvgIpc) is 2.67. The molecule has 0 atom stereocenters. The van der Waals surface area contributed by atoms with Gasteiger partial charge in [0, 0.05) is 17.3 Å². The van der Waals surface area contributed by atoms with E-state index in [4.69, 9.17) is 4.74 Å². The van der Waals surface area contributed by atoms with Gasteiger partial charge in [-0.1, -0.05) is 12.8 Å². The molecule has 1 rings (SSSR count). The summed E-state index contributed by atoms with van der Waals surface area (Å²) in [5, 5.41) is 10.4. The number of aromatic amines is 1. The molecule has 0 saturated carbocycles. The van der Waals surface area contributed by atoms with E-state index in [2.05, 4.69) is 36.3 Å². The van der Waals surface area contributed by atoms with E-state index in [9.17, 15) is 0 Å². The summed E-state index contributed by atoms with van der Waals surface area (Å²) in [7, 11) is 0.